The summed E-state index contributed by atoms with van der Waals surface area (Å²) in [6.07, 6.45) is -3.68. The van der Waals surface area contributed by atoms with E-state index in [1.807, 2.05) is 17.2 Å². The zero-order chi connectivity index (χ0) is 13.8. The second-order valence-electron chi connectivity index (χ2n) is 3.78. The normalized spacial score (nSPS) is 11.6. The van der Waals surface area contributed by atoms with Gasteiger partial charge < -0.3 is 5.11 Å². The molecule has 0 bridgehead atoms. The quantitative estimate of drug-likeness (QED) is 0.632. The molecule has 1 aromatic rings. The number of rotatable bonds is 4. The van der Waals surface area contributed by atoms with Crippen molar-refractivity contribution in [1.29, 1.82) is 0 Å². The molecule has 0 spiro atoms. The Morgan fingerprint density at radius 3 is 2.56 bits per heavy atom. The second-order valence-corrected chi connectivity index (χ2v) is 3.78. The van der Waals surface area contributed by atoms with E-state index in [1.54, 1.807) is 0 Å². The van der Waals surface area contributed by atoms with Gasteiger partial charge in [0.15, 0.2) is 5.69 Å². The third kappa shape index (κ3) is 3.60. The van der Waals surface area contributed by atoms with Crippen LogP contribution in [0.2, 0.25) is 0 Å². The summed E-state index contributed by atoms with van der Waals surface area (Å²) in [5.74, 6) is 0. The van der Waals surface area contributed by atoms with Crippen molar-refractivity contribution in [2.75, 3.05) is 0 Å². The average molecular weight is 268 g/mol. The lowest BCUT2D eigenvalue weighted by atomic mass is 10.1. The highest BCUT2D eigenvalue weighted by Crippen LogP contribution is 2.29. The standard InChI is InChI=1S/C9H15F3N4O2/c1-2-3-4-5-6-7(9(10,11)12)13-15-16(14-6)8(17)18/h13-15H,2-5H2,1H3,(H,17,18). The Morgan fingerprint density at radius 1 is 1.39 bits per heavy atom. The number of carboxylic acid groups (broad SMARTS) is 1. The van der Waals surface area contributed by atoms with Crippen LogP contribution in [0.4, 0.5) is 18.0 Å². The van der Waals surface area contributed by atoms with E-state index in [1.165, 1.54) is 0 Å². The molecule has 0 atom stereocenters. The molecule has 0 fully saturated rings. The highest BCUT2D eigenvalue weighted by atomic mass is 19.4. The van der Waals surface area contributed by atoms with Crippen LogP contribution in [-0.2, 0) is 12.6 Å². The van der Waals surface area contributed by atoms with Crippen LogP contribution < -0.4 is 0 Å². The first kappa shape index (κ1) is 14.3. The van der Waals surface area contributed by atoms with Gasteiger partial charge in [-0.3, -0.25) is 10.2 Å². The molecule has 0 radical (unpaired) electrons. The third-order valence-electron chi connectivity index (χ3n) is 2.35. The molecule has 0 aromatic carbocycles. The predicted octanol–water partition coefficient (Wildman–Crippen LogP) is 2.87. The summed E-state index contributed by atoms with van der Waals surface area (Å²) in [4.78, 5) is 11.1. The molecule has 9 heteroatoms. The van der Waals surface area contributed by atoms with Crippen molar-refractivity contribution in [3.63, 3.8) is 0 Å². The van der Waals surface area contributed by atoms with Crippen molar-refractivity contribution in [3.05, 3.63) is 11.4 Å². The lowest BCUT2D eigenvalue weighted by Crippen LogP contribution is -2.24. The van der Waals surface area contributed by atoms with Crippen LogP contribution in [0.1, 0.15) is 37.6 Å². The average Bonchev–Trinajstić information content (AvgIpc) is 2.27. The molecular formula is C9H15F3N4O2. The summed E-state index contributed by atoms with van der Waals surface area (Å²) < 4.78 is 38.0. The highest BCUT2D eigenvalue weighted by molar-refractivity contribution is 5.64. The van der Waals surface area contributed by atoms with Crippen LogP contribution in [0, 0.1) is 0 Å². The number of hydrogen-bond acceptors (Lipinski definition) is 1. The topological polar surface area (TPSA) is 89.6 Å². The summed E-state index contributed by atoms with van der Waals surface area (Å²) in [7, 11) is 0. The summed E-state index contributed by atoms with van der Waals surface area (Å²) >= 11 is 0. The van der Waals surface area contributed by atoms with Crippen molar-refractivity contribution >= 4 is 6.09 Å². The van der Waals surface area contributed by atoms with Gasteiger partial charge in [-0.15, -0.1) is 4.80 Å². The van der Waals surface area contributed by atoms with Gasteiger partial charge in [0.2, 0.25) is 0 Å². The maximum atomic E-state index is 12.7. The minimum atomic E-state index is -4.56. The number of alkyl halides is 3. The number of carbonyl (C=O) groups is 1. The first-order valence-corrected chi connectivity index (χ1v) is 5.48. The van der Waals surface area contributed by atoms with Crippen LogP contribution >= 0.6 is 0 Å². The fourth-order valence-corrected chi connectivity index (χ4v) is 1.48. The largest absolute Gasteiger partial charge is 0.462 e. The zero-order valence-corrected chi connectivity index (χ0v) is 9.76. The monoisotopic (exact) mass is 268 g/mol. The van der Waals surface area contributed by atoms with Gasteiger partial charge in [0.05, 0.1) is 5.69 Å². The fraction of sp³-hybridized carbons (Fsp3) is 0.667. The Labute approximate surface area is 100 Å². The van der Waals surface area contributed by atoms with E-state index in [0.717, 1.165) is 12.8 Å². The Bertz CT molecular complexity index is 436. The molecule has 6 nitrogen and oxygen atoms in total. The molecule has 0 saturated carbocycles. The van der Waals surface area contributed by atoms with E-state index >= 15 is 0 Å². The van der Waals surface area contributed by atoms with Crippen LogP contribution in [0.25, 0.3) is 0 Å². The van der Waals surface area contributed by atoms with E-state index < -0.39 is 18.0 Å². The summed E-state index contributed by atoms with van der Waals surface area (Å²) in [5.41, 5.74) is -1.17. The van der Waals surface area contributed by atoms with Crippen molar-refractivity contribution in [2.24, 2.45) is 0 Å². The maximum Gasteiger partial charge on any atom is 0.447 e. The van der Waals surface area contributed by atoms with Crippen molar-refractivity contribution < 1.29 is 23.1 Å². The van der Waals surface area contributed by atoms with Gasteiger partial charge in [-0.1, -0.05) is 19.8 Å². The SMILES string of the molecule is CCCCCc1[nH]n(C(=O)O)[nH][nH]c1C(F)(F)F. The predicted molar refractivity (Wildman–Crippen MR) is 56.8 cm³/mol. The third-order valence-corrected chi connectivity index (χ3v) is 2.35. The summed E-state index contributed by atoms with van der Waals surface area (Å²) in [6, 6.07) is 0. The number of aryl methyl sites for hydroxylation is 1. The number of aromatic amines is 3. The van der Waals surface area contributed by atoms with Gasteiger partial charge in [-0.05, 0) is 12.8 Å². The summed E-state index contributed by atoms with van der Waals surface area (Å²) in [6.45, 7) is 1.93. The number of H-pyrrole nitrogens is 3. The van der Waals surface area contributed by atoms with Crippen LogP contribution in [-0.4, -0.2) is 31.4 Å². The molecule has 0 saturated heterocycles. The van der Waals surface area contributed by atoms with Gasteiger partial charge in [0.25, 0.3) is 0 Å². The zero-order valence-electron chi connectivity index (χ0n) is 9.76. The first-order chi connectivity index (χ1) is 8.36. The van der Waals surface area contributed by atoms with Gasteiger partial charge in [0, 0.05) is 0 Å². The minimum absolute atomic E-state index is 0.126. The summed E-state index contributed by atoms with van der Waals surface area (Å²) in [5, 5.41) is 14.6. The Hall–Kier alpha value is -1.80. The van der Waals surface area contributed by atoms with Gasteiger partial charge in [0.1, 0.15) is 0 Å². The number of aromatic nitrogens is 4. The molecule has 0 aliphatic rings. The van der Waals surface area contributed by atoms with E-state index in [0.29, 0.717) is 11.2 Å². The van der Waals surface area contributed by atoms with Gasteiger partial charge in [-0.25, -0.2) is 10.0 Å². The van der Waals surface area contributed by atoms with E-state index in [2.05, 4.69) is 5.10 Å². The molecule has 0 unspecified atom stereocenters. The molecule has 4 N–H and O–H groups in total. The van der Waals surface area contributed by atoms with Crippen LogP contribution in [0.15, 0.2) is 0 Å². The fourth-order valence-electron chi connectivity index (χ4n) is 1.48. The van der Waals surface area contributed by atoms with Gasteiger partial charge >= 0.3 is 12.3 Å². The molecule has 0 amide bonds. The number of unbranched alkanes of at least 4 members (excludes halogenated alkanes) is 2. The second kappa shape index (κ2) is 5.69. The molecule has 1 rings (SSSR count). The number of nitrogens with one attached hydrogen (secondary N) is 3. The Kier molecular flexibility index (Phi) is 4.51. The number of hydrogen-bond donors (Lipinski definition) is 4. The molecule has 104 valence electrons. The maximum absolute atomic E-state index is 12.7. The molecule has 1 aromatic heterocycles. The van der Waals surface area contributed by atoms with Gasteiger partial charge in [-0.2, -0.15) is 13.2 Å². The van der Waals surface area contributed by atoms with Crippen LogP contribution in [0.3, 0.4) is 0 Å². The number of nitrogens with zero attached hydrogens (tertiary/aromatic N) is 1. The van der Waals surface area contributed by atoms with Crippen molar-refractivity contribution in [2.45, 2.75) is 38.8 Å². The van der Waals surface area contributed by atoms with E-state index in [4.69, 9.17) is 5.11 Å². The molecule has 0 aliphatic heterocycles. The lowest BCUT2D eigenvalue weighted by Gasteiger charge is -2.14. The van der Waals surface area contributed by atoms with Crippen molar-refractivity contribution in [3.8, 4) is 0 Å². The molecular weight excluding hydrogens is 253 g/mol. The Morgan fingerprint density at radius 2 is 2.06 bits per heavy atom. The number of halogens is 3. The Balaban J connectivity index is 3.06. The van der Waals surface area contributed by atoms with E-state index in [-0.39, 0.29) is 12.1 Å². The van der Waals surface area contributed by atoms with Crippen molar-refractivity contribution in [1.82, 2.24) is 20.2 Å². The molecule has 1 heterocycles. The smallest absolute Gasteiger partial charge is 0.447 e. The minimum Gasteiger partial charge on any atom is -0.462 e. The molecule has 0 aliphatic carbocycles. The van der Waals surface area contributed by atoms with Crippen LogP contribution in [0.5, 0.6) is 0 Å². The lowest BCUT2D eigenvalue weighted by molar-refractivity contribution is -0.143. The first-order valence-electron chi connectivity index (χ1n) is 5.48. The van der Waals surface area contributed by atoms with E-state index in [9.17, 15) is 18.0 Å². The molecule has 18 heavy (non-hydrogen) atoms. The highest BCUT2D eigenvalue weighted by Gasteiger charge is 2.35.